The van der Waals surface area contributed by atoms with E-state index in [1.165, 1.54) is 13.0 Å². The van der Waals surface area contributed by atoms with Crippen molar-refractivity contribution in [2.75, 3.05) is 0 Å². The fourth-order valence-corrected chi connectivity index (χ4v) is 1.55. The molecule has 0 bridgehead atoms. The van der Waals surface area contributed by atoms with Crippen LogP contribution in [0.25, 0.3) is 0 Å². The molecule has 1 rings (SSSR count). The first-order valence-electron chi connectivity index (χ1n) is 5.37. The predicted molar refractivity (Wildman–Crippen MR) is 64.9 cm³/mol. The minimum atomic E-state index is -0.394. The van der Waals surface area contributed by atoms with E-state index in [4.69, 9.17) is 11.1 Å². The average Bonchev–Trinajstić information content (AvgIpc) is 2.29. The van der Waals surface area contributed by atoms with Crippen LogP contribution in [-0.4, -0.2) is 11.7 Å². The van der Waals surface area contributed by atoms with Crippen molar-refractivity contribution in [3.63, 3.8) is 0 Å². The minimum absolute atomic E-state index is 0.127. The minimum Gasteiger partial charge on any atom is -0.384 e. The fraction of sp³-hybridized carbons (Fsp3) is 0.333. The summed E-state index contributed by atoms with van der Waals surface area (Å²) in [6, 6.07) is 0. The van der Waals surface area contributed by atoms with Crippen molar-refractivity contribution in [2.24, 2.45) is 5.73 Å². The van der Waals surface area contributed by atoms with Crippen molar-refractivity contribution in [1.82, 2.24) is 5.32 Å². The van der Waals surface area contributed by atoms with E-state index in [0.29, 0.717) is 12.8 Å². The molecule has 0 unspecified atom stereocenters. The number of nitrogens with one attached hydrogen (secondary N) is 2. The van der Waals surface area contributed by atoms with Gasteiger partial charge >= 0.3 is 0 Å². The summed E-state index contributed by atoms with van der Waals surface area (Å²) in [5, 5.41) is 9.95. The zero-order chi connectivity index (χ0) is 12.8. The largest absolute Gasteiger partial charge is 0.384 e. The zero-order valence-corrected chi connectivity index (χ0v) is 9.72. The number of carbonyl (C=O) groups is 1. The highest BCUT2D eigenvalue weighted by Gasteiger charge is 2.08. The first kappa shape index (κ1) is 13.2. The lowest BCUT2D eigenvalue weighted by molar-refractivity contribution is -0.118. The highest BCUT2D eigenvalue weighted by Crippen LogP contribution is 2.18. The number of amides is 1. The highest BCUT2D eigenvalue weighted by atomic mass is 19.1. The second kappa shape index (κ2) is 5.98. The van der Waals surface area contributed by atoms with Crippen molar-refractivity contribution in [1.29, 1.82) is 5.41 Å². The van der Waals surface area contributed by atoms with Gasteiger partial charge in [0.2, 0.25) is 5.91 Å². The molecule has 0 aromatic heterocycles. The Morgan fingerprint density at radius 1 is 1.59 bits per heavy atom. The zero-order valence-electron chi connectivity index (χ0n) is 9.72. The number of nitrogens with two attached hydrogens (primary N) is 1. The maximum Gasteiger partial charge on any atom is 0.220 e. The molecule has 0 aliphatic heterocycles. The van der Waals surface area contributed by atoms with Crippen molar-refractivity contribution in [3.8, 4) is 0 Å². The molecular formula is C12H16FN3O. The molecule has 0 radical (unpaired) electrons. The summed E-state index contributed by atoms with van der Waals surface area (Å²) in [5.74, 6) is -0.820. The Hall–Kier alpha value is -1.91. The lowest BCUT2D eigenvalue weighted by Crippen LogP contribution is -2.18. The number of amidine groups is 1. The Balaban J connectivity index is 2.84. The number of hydrogen-bond acceptors (Lipinski definition) is 2. The van der Waals surface area contributed by atoms with E-state index < -0.39 is 5.83 Å². The number of halogens is 1. The van der Waals surface area contributed by atoms with Gasteiger partial charge in [-0.05, 0) is 6.42 Å². The van der Waals surface area contributed by atoms with Crippen LogP contribution in [0.3, 0.4) is 0 Å². The van der Waals surface area contributed by atoms with Crippen LogP contribution < -0.4 is 11.1 Å². The molecule has 0 fully saturated rings. The van der Waals surface area contributed by atoms with Gasteiger partial charge in [-0.1, -0.05) is 18.2 Å². The van der Waals surface area contributed by atoms with Gasteiger partial charge in [-0.25, -0.2) is 4.39 Å². The van der Waals surface area contributed by atoms with E-state index in [-0.39, 0.29) is 23.7 Å². The molecule has 4 N–H and O–H groups in total. The molecule has 0 heterocycles. The van der Waals surface area contributed by atoms with E-state index in [1.807, 2.05) is 0 Å². The van der Waals surface area contributed by atoms with Crippen LogP contribution in [0.1, 0.15) is 26.2 Å². The van der Waals surface area contributed by atoms with Crippen molar-refractivity contribution in [3.05, 3.63) is 35.3 Å². The van der Waals surface area contributed by atoms with Crippen molar-refractivity contribution in [2.45, 2.75) is 26.2 Å². The van der Waals surface area contributed by atoms with Gasteiger partial charge < -0.3 is 11.1 Å². The normalized spacial score (nSPS) is 24.0. The summed E-state index contributed by atoms with van der Waals surface area (Å²) in [6.45, 7) is 1.43. The second-order valence-electron chi connectivity index (χ2n) is 3.79. The SMILES string of the molecule is CC(=O)N/C1=C/CC/C(F)=C(/C(=N)N)C=CC1. The molecule has 92 valence electrons. The highest BCUT2D eigenvalue weighted by molar-refractivity contribution is 5.97. The lowest BCUT2D eigenvalue weighted by atomic mass is 10.1. The Bertz CT molecular complexity index is 421. The molecule has 4 nitrogen and oxygen atoms in total. The number of rotatable bonds is 2. The van der Waals surface area contributed by atoms with Gasteiger partial charge in [0.15, 0.2) is 0 Å². The van der Waals surface area contributed by atoms with Crippen molar-refractivity contribution >= 4 is 11.7 Å². The van der Waals surface area contributed by atoms with E-state index in [2.05, 4.69) is 5.32 Å². The summed E-state index contributed by atoms with van der Waals surface area (Å²) in [6.07, 6.45) is 6.10. The molecule has 0 saturated heterocycles. The van der Waals surface area contributed by atoms with Crippen LogP contribution in [0, 0.1) is 5.41 Å². The van der Waals surface area contributed by atoms with Crippen LogP contribution in [-0.2, 0) is 4.79 Å². The van der Waals surface area contributed by atoms with Gasteiger partial charge in [0.05, 0.1) is 0 Å². The van der Waals surface area contributed by atoms with Crippen LogP contribution in [0.15, 0.2) is 35.3 Å². The standard InChI is InChI=1S/C12H16FN3O/c1-8(17)16-9-4-2-6-10(12(14)15)11(13)7-3-5-9/h2,5-6H,3-4,7H2,1H3,(H3,14,15)(H,16,17)/b6-2?,9-5+,11-10-. The van der Waals surface area contributed by atoms with Crippen LogP contribution in [0.5, 0.6) is 0 Å². The van der Waals surface area contributed by atoms with Gasteiger partial charge in [-0.2, -0.15) is 0 Å². The maximum atomic E-state index is 13.6. The first-order valence-corrected chi connectivity index (χ1v) is 5.37. The number of allylic oxidation sites excluding steroid dienone is 3. The van der Waals surface area contributed by atoms with Crippen LogP contribution in [0.2, 0.25) is 0 Å². The van der Waals surface area contributed by atoms with Gasteiger partial charge in [-0.15, -0.1) is 0 Å². The molecule has 5 heteroatoms. The summed E-state index contributed by atoms with van der Waals surface area (Å²) >= 11 is 0. The summed E-state index contributed by atoms with van der Waals surface area (Å²) in [5.41, 5.74) is 6.16. The third-order valence-corrected chi connectivity index (χ3v) is 2.30. The Kier molecular flexibility index (Phi) is 4.63. The van der Waals surface area contributed by atoms with Crippen LogP contribution >= 0.6 is 0 Å². The smallest absolute Gasteiger partial charge is 0.220 e. The predicted octanol–water partition coefficient (Wildman–Crippen LogP) is 1.91. The molecule has 1 aliphatic rings. The average molecular weight is 237 g/mol. The Morgan fingerprint density at radius 2 is 2.29 bits per heavy atom. The second-order valence-corrected chi connectivity index (χ2v) is 3.79. The van der Waals surface area contributed by atoms with E-state index in [9.17, 15) is 9.18 Å². The van der Waals surface area contributed by atoms with E-state index >= 15 is 0 Å². The van der Waals surface area contributed by atoms with Crippen LogP contribution in [0.4, 0.5) is 4.39 Å². The third-order valence-electron chi connectivity index (χ3n) is 2.30. The summed E-state index contributed by atoms with van der Waals surface area (Å²) in [7, 11) is 0. The van der Waals surface area contributed by atoms with Gasteiger partial charge in [-0.3, -0.25) is 10.2 Å². The van der Waals surface area contributed by atoms with E-state index in [1.54, 1.807) is 12.2 Å². The number of hydrogen-bond donors (Lipinski definition) is 3. The van der Waals surface area contributed by atoms with Gasteiger partial charge in [0.25, 0.3) is 0 Å². The molecule has 0 aromatic carbocycles. The third kappa shape index (κ3) is 4.22. The molecule has 0 aromatic rings. The molecule has 1 aliphatic carbocycles. The van der Waals surface area contributed by atoms with Crippen molar-refractivity contribution < 1.29 is 9.18 Å². The molecule has 0 saturated carbocycles. The molecular weight excluding hydrogens is 221 g/mol. The lowest BCUT2D eigenvalue weighted by Gasteiger charge is -2.04. The quantitative estimate of drug-likeness (QED) is 0.506. The summed E-state index contributed by atoms with van der Waals surface area (Å²) in [4.78, 5) is 10.9. The van der Waals surface area contributed by atoms with Gasteiger partial charge in [0, 0.05) is 31.0 Å². The monoisotopic (exact) mass is 237 g/mol. The first-order chi connectivity index (χ1) is 8.00. The summed E-state index contributed by atoms with van der Waals surface area (Å²) < 4.78 is 13.6. The van der Waals surface area contributed by atoms with E-state index in [0.717, 1.165) is 5.70 Å². The Morgan fingerprint density at radius 3 is 2.88 bits per heavy atom. The number of carbonyl (C=O) groups excluding carboxylic acids is 1. The molecule has 0 atom stereocenters. The topological polar surface area (TPSA) is 79.0 Å². The van der Waals surface area contributed by atoms with Gasteiger partial charge in [0.1, 0.15) is 11.7 Å². The molecule has 17 heavy (non-hydrogen) atoms. The maximum absolute atomic E-state index is 13.6. The molecule has 0 spiro atoms. The molecule has 1 amide bonds. The Labute approximate surface area is 99.6 Å². The fourth-order valence-electron chi connectivity index (χ4n) is 1.55.